The largest absolute Gasteiger partial charge is 0.477 e. The summed E-state index contributed by atoms with van der Waals surface area (Å²) < 4.78 is 0. The van der Waals surface area contributed by atoms with E-state index in [0.717, 1.165) is 43.4 Å². The van der Waals surface area contributed by atoms with Crippen LogP contribution in [0.3, 0.4) is 0 Å². The van der Waals surface area contributed by atoms with Crippen molar-refractivity contribution in [3.63, 3.8) is 0 Å². The number of nitrogens with one attached hydrogen (secondary N) is 1. The number of carboxylic acids is 1. The second-order valence-electron chi connectivity index (χ2n) is 5.17. The van der Waals surface area contributed by atoms with Gasteiger partial charge in [-0.2, -0.15) is 0 Å². The van der Waals surface area contributed by atoms with Gasteiger partial charge < -0.3 is 10.4 Å². The van der Waals surface area contributed by atoms with Gasteiger partial charge in [-0.3, -0.25) is 4.79 Å². The Balaban J connectivity index is 2.16. The lowest BCUT2D eigenvalue weighted by Crippen LogP contribution is -2.21. The van der Waals surface area contributed by atoms with E-state index >= 15 is 0 Å². The molecule has 0 unspecified atom stereocenters. The number of aromatic carboxylic acids is 1. The van der Waals surface area contributed by atoms with Gasteiger partial charge in [0, 0.05) is 11.8 Å². The molecule has 0 bridgehead atoms. The van der Waals surface area contributed by atoms with Crippen molar-refractivity contribution >= 4 is 28.3 Å². The van der Waals surface area contributed by atoms with Crippen LogP contribution >= 0.6 is 11.3 Å². The zero-order chi connectivity index (χ0) is 14.7. The minimum Gasteiger partial charge on any atom is -0.477 e. The molecule has 110 valence electrons. The Hall–Kier alpha value is -1.43. The predicted octanol–water partition coefficient (Wildman–Crippen LogP) is 3.48. The lowest BCUT2D eigenvalue weighted by molar-refractivity contribution is -0.120. The Morgan fingerprint density at radius 1 is 1.40 bits per heavy atom. The number of anilines is 1. The standard InChI is InChI=1S/C14H20N2O3S/c1-3-8(4-2)12(17)16-14-15-10(9-6-5-7-9)11(20-14)13(18)19/h8-9H,3-7H2,1-2H3,(H,18,19)(H,15,16,17). The monoisotopic (exact) mass is 296 g/mol. The SMILES string of the molecule is CCC(CC)C(=O)Nc1nc(C2CCC2)c(C(=O)O)s1. The van der Waals surface area contributed by atoms with Crippen LogP contribution in [0.2, 0.25) is 0 Å². The molecule has 1 amide bonds. The summed E-state index contributed by atoms with van der Waals surface area (Å²) in [6.07, 6.45) is 4.65. The van der Waals surface area contributed by atoms with Crippen molar-refractivity contribution in [3.8, 4) is 0 Å². The first kappa shape index (κ1) is 15.0. The summed E-state index contributed by atoms with van der Waals surface area (Å²) in [5.41, 5.74) is 0.647. The summed E-state index contributed by atoms with van der Waals surface area (Å²) in [6.45, 7) is 3.94. The number of carboxylic acid groups (broad SMARTS) is 1. The summed E-state index contributed by atoms with van der Waals surface area (Å²) in [5.74, 6) is -0.816. The second kappa shape index (κ2) is 6.35. The summed E-state index contributed by atoms with van der Waals surface area (Å²) in [4.78, 5) is 27.9. The van der Waals surface area contributed by atoms with Crippen LogP contribution in [0.15, 0.2) is 0 Å². The van der Waals surface area contributed by atoms with Crippen molar-refractivity contribution in [2.45, 2.75) is 51.9 Å². The molecule has 1 fully saturated rings. The van der Waals surface area contributed by atoms with Crippen LogP contribution < -0.4 is 5.32 Å². The average molecular weight is 296 g/mol. The van der Waals surface area contributed by atoms with E-state index in [-0.39, 0.29) is 22.6 Å². The highest BCUT2D eigenvalue weighted by Crippen LogP contribution is 2.40. The van der Waals surface area contributed by atoms with Crippen LogP contribution in [0, 0.1) is 5.92 Å². The maximum absolute atomic E-state index is 12.0. The van der Waals surface area contributed by atoms with Crippen molar-refractivity contribution in [2.24, 2.45) is 5.92 Å². The number of amides is 1. The van der Waals surface area contributed by atoms with Crippen LogP contribution in [0.1, 0.15) is 67.2 Å². The molecule has 2 N–H and O–H groups in total. The molecule has 0 spiro atoms. The Morgan fingerprint density at radius 2 is 2.05 bits per heavy atom. The number of hydrogen-bond acceptors (Lipinski definition) is 4. The first-order chi connectivity index (χ1) is 9.56. The highest BCUT2D eigenvalue weighted by Gasteiger charge is 2.29. The maximum atomic E-state index is 12.0. The van der Waals surface area contributed by atoms with E-state index in [1.165, 1.54) is 0 Å². The van der Waals surface area contributed by atoms with Crippen molar-refractivity contribution in [1.29, 1.82) is 0 Å². The molecule has 0 aromatic carbocycles. The third kappa shape index (κ3) is 3.00. The fourth-order valence-corrected chi connectivity index (χ4v) is 3.26. The third-order valence-electron chi connectivity index (χ3n) is 3.93. The van der Waals surface area contributed by atoms with Crippen LogP contribution in [-0.4, -0.2) is 22.0 Å². The number of aromatic nitrogens is 1. The minimum atomic E-state index is -0.951. The number of thiazole rings is 1. The molecule has 0 saturated heterocycles. The number of carbonyl (C=O) groups excluding carboxylic acids is 1. The molecule has 1 saturated carbocycles. The minimum absolute atomic E-state index is 0.0423. The van der Waals surface area contributed by atoms with Gasteiger partial charge in [-0.25, -0.2) is 9.78 Å². The first-order valence-electron chi connectivity index (χ1n) is 7.11. The lowest BCUT2D eigenvalue weighted by Gasteiger charge is -2.23. The normalized spacial score (nSPS) is 15.2. The average Bonchev–Trinajstić information content (AvgIpc) is 2.72. The van der Waals surface area contributed by atoms with E-state index in [0.29, 0.717) is 10.8 Å². The van der Waals surface area contributed by atoms with E-state index in [4.69, 9.17) is 0 Å². The molecule has 5 nitrogen and oxygen atoms in total. The van der Waals surface area contributed by atoms with Crippen molar-refractivity contribution < 1.29 is 14.7 Å². The molecular weight excluding hydrogens is 276 g/mol. The van der Waals surface area contributed by atoms with E-state index in [1.807, 2.05) is 13.8 Å². The number of rotatable bonds is 6. The van der Waals surface area contributed by atoms with Crippen LogP contribution in [0.5, 0.6) is 0 Å². The smallest absolute Gasteiger partial charge is 0.347 e. The summed E-state index contributed by atoms with van der Waals surface area (Å²) in [5, 5.41) is 12.4. The molecule has 1 aliphatic rings. The van der Waals surface area contributed by atoms with Gasteiger partial charge >= 0.3 is 5.97 Å². The number of hydrogen-bond donors (Lipinski definition) is 2. The lowest BCUT2D eigenvalue weighted by atomic mass is 9.82. The highest BCUT2D eigenvalue weighted by atomic mass is 32.1. The highest BCUT2D eigenvalue weighted by molar-refractivity contribution is 7.17. The van der Waals surface area contributed by atoms with E-state index in [9.17, 15) is 14.7 Å². The van der Waals surface area contributed by atoms with Crippen LogP contribution in [-0.2, 0) is 4.79 Å². The van der Waals surface area contributed by atoms with Crippen molar-refractivity contribution in [3.05, 3.63) is 10.6 Å². The number of nitrogens with zero attached hydrogens (tertiary/aromatic N) is 1. The van der Waals surface area contributed by atoms with Crippen molar-refractivity contribution in [2.75, 3.05) is 5.32 Å². The van der Waals surface area contributed by atoms with E-state index in [2.05, 4.69) is 10.3 Å². The van der Waals surface area contributed by atoms with Gasteiger partial charge in [0.1, 0.15) is 4.88 Å². The Labute approximate surface area is 122 Å². The number of carbonyl (C=O) groups is 2. The van der Waals surface area contributed by atoms with Crippen LogP contribution in [0.4, 0.5) is 5.13 Å². The molecular formula is C14H20N2O3S. The van der Waals surface area contributed by atoms with Gasteiger partial charge in [0.25, 0.3) is 0 Å². The molecule has 2 rings (SSSR count). The van der Waals surface area contributed by atoms with Gasteiger partial charge in [0.2, 0.25) is 5.91 Å². The molecule has 0 radical (unpaired) electrons. The van der Waals surface area contributed by atoms with Gasteiger partial charge in [-0.05, 0) is 25.7 Å². The Bertz CT molecular complexity index is 505. The van der Waals surface area contributed by atoms with Crippen molar-refractivity contribution in [1.82, 2.24) is 4.98 Å². The summed E-state index contributed by atoms with van der Waals surface area (Å²) in [7, 11) is 0. The topological polar surface area (TPSA) is 79.3 Å². The van der Waals surface area contributed by atoms with Gasteiger partial charge in [-0.1, -0.05) is 31.6 Å². The maximum Gasteiger partial charge on any atom is 0.347 e. The second-order valence-corrected chi connectivity index (χ2v) is 6.17. The summed E-state index contributed by atoms with van der Waals surface area (Å²) >= 11 is 1.07. The fourth-order valence-electron chi connectivity index (χ4n) is 2.36. The fraction of sp³-hybridized carbons (Fsp3) is 0.643. The quantitative estimate of drug-likeness (QED) is 0.842. The van der Waals surface area contributed by atoms with Gasteiger partial charge in [0.15, 0.2) is 5.13 Å². The van der Waals surface area contributed by atoms with Gasteiger partial charge in [-0.15, -0.1) is 0 Å². The predicted molar refractivity (Wildman–Crippen MR) is 78.4 cm³/mol. The third-order valence-corrected chi connectivity index (χ3v) is 4.90. The van der Waals surface area contributed by atoms with E-state index in [1.54, 1.807) is 0 Å². The van der Waals surface area contributed by atoms with E-state index < -0.39 is 5.97 Å². The molecule has 1 aromatic rings. The molecule has 1 heterocycles. The molecule has 20 heavy (non-hydrogen) atoms. The van der Waals surface area contributed by atoms with Gasteiger partial charge in [0.05, 0.1) is 5.69 Å². The Morgan fingerprint density at radius 3 is 2.50 bits per heavy atom. The molecule has 1 aromatic heterocycles. The zero-order valence-electron chi connectivity index (χ0n) is 11.8. The van der Waals surface area contributed by atoms with Crippen LogP contribution in [0.25, 0.3) is 0 Å². The molecule has 0 atom stereocenters. The molecule has 6 heteroatoms. The summed E-state index contributed by atoms with van der Waals surface area (Å²) in [6, 6.07) is 0. The Kier molecular flexibility index (Phi) is 4.75. The molecule has 0 aliphatic heterocycles. The first-order valence-corrected chi connectivity index (χ1v) is 7.93. The zero-order valence-corrected chi connectivity index (χ0v) is 12.6. The molecule has 1 aliphatic carbocycles.